The van der Waals surface area contributed by atoms with E-state index < -0.39 is 5.97 Å². The highest BCUT2D eigenvalue weighted by atomic mass is 16.4. The fraction of sp³-hybridized carbons (Fsp3) is 0.700. The van der Waals surface area contributed by atoms with Crippen molar-refractivity contribution < 1.29 is 9.90 Å². The van der Waals surface area contributed by atoms with Crippen LogP contribution in [0.3, 0.4) is 0 Å². The van der Waals surface area contributed by atoms with Gasteiger partial charge in [0.05, 0.1) is 6.42 Å². The maximum atomic E-state index is 10.3. The van der Waals surface area contributed by atoms with Gasteiger partial charge in [0.1, 0.15) is 0 Å². The summed E-state index contributed by atoms with van der Waals surface area (Å²) in [4.78, 5) is 12.5. The van der Waals surface area contributed by atoms with Crippen molar-refractivity contribution in [2.75, 3.05) is 19.6 Å². The summed E-state index contributed by atoms with van der Waals surface area (Å²) < 4.78 is 0. The summed E-state index contributed by atoms with van der Waals surface area (Å²) >= 11 is 0. The van der Waals surface area contributed by atoms with Crippen LogP contribution in [0.1, 0.15) is 26.7 Å². The van der Waals surface area contributed by atoms with E-state index in [1.54, 1.807) is 0 Å². The van der Waals surface area contributed by atoms with Gasteiger partial charge in [0.25, 0.3) is 0 Å². The molecule has 1 N–H and O–H groups in total. The minimum absolute atomic E-state index is 0.216. The molecule has 0 atom stereocenters. The molecule has 76 valence electrons. The lowest BCUT2D eigenvalue weighted by Crippen LogP contribution is -2.28. The van der Waals surface area contributed by atoms with Crippen LogP contribution in [-0.4, -0.2) is 35.6 Å². The van der Waals surface area contributed by atoms with Gasteiger partial charge in [0.2, 0.25) is 0 Å². The van der Waals surface area contributed by atoms with Crippen LogP contribution in [0.4, 0.5) is 0 Å². The highest BCUT2D eigenvalue weighted by molar-refractivity contribution is 5.66. The van der Waals surface area contributed by atoms with Gasteiger partial charge in [-0.2, -0.15) is 0 Å². The molecule has 0 radical (unpaired) electrons. The average molecular weight is 185 g/mol. The van der Waals surface area contributed by atoms with Gasteiger partial charge in [-0.05, 0) is 19.9 Å². The first-order valence-electron chi connectivity index (χ1n) is 4.64. The third kappa shape index (κ3) is 7.53. The molecule has 0 aromatic heterocycles. The normalized spacial score (nSPS) is 10.4. The Balaban J connectivity index is 3.79. The molecule has 0 unspecified atom stereocenters. The number of hydrogen-bond donors (Lipinski definition) is 1. The molecule has 0 aliphatic rings. The number of nitrogens with zero attached hydrogens (tertiary/aromatic N) is 1. The molecule has 3 nitrogen and oxygen atoms in total. The smallest absolute Gasteiger partial charge is 0.304 e. The van der Waals surface area contributed by atoms with Crippen molar-refractivity contribution in [3.05, 3.63) is 12.2 Å². The second-order valence-electron chi connectivity index (χ2n) is 3.38. The third-order valence-electron chi connectivity index (χ3n) is 1.68. The topological polar surface area (TPSA) is 40.5 Å². The standard InChI is InChI=1S/C10H19NO2/c1-4-6-11(8-9(2)3)7-5-10(12)13/h2,4-8H2,1,3H3,(H,12,13). The van der Waals surface area contributed by atoms with Crippen LogP contribution in [0.25, 0.3) is 0 Å². The summed E-state index contributed by atoms with van der Waals surface area (Å²) in [5.41, 5.74) is 1.08. The van der Waals surface area contributed by atoms with Crippen molar-refractivity contribution in [2.45, 2.75) is 26.7 Å². The number of hydrogen-bond acceptors (Lipinski definition) is 2. The Morgan fingerprint density at radius 3 is 2.46 bits per heavy atom. The molecule has 0 fully saturated rings. The molecule has 0 amide bonds. The largest absolute Gasteiger partial charge is 0.481 e. The van der Waals surface area contributed by atoms with Crippen molar-refractivity contribution in [1.29, 1.82) is 0 Å². The molecular weight excluding hydrogens is 166 g/mol. The molecule has 0 saturated heterocycles. The number of carboxylic acid groups (broad SMARTS) is 1. The van der Waals surface area contributed by atoms with Crippen molar-refractivity contribution in [3.63, 3.8) is 0 Å². The molecule has 0 spiro atoms. The van der Waals surface area contributed by atoms with Crippen LogP contribution in [0, 0.1) is 0 Å². The second-order valence-corrected chi connectivity index (χ2v) is 3.38. The molecule has 0 bridgehead atoms. The Bertz CT molecular complexity index is 178. The quantitative estimate of drug-likeness (QED) is 0.614. The predicted molar refractivity (Wildman–Crippen MR) is 53.8 cm³/mol. The van der Waals surface area contributed by atoms with Crippen LogP contribution < -0.4 is 0 Å². The van der Waals surface area contributed by atoms with Gasteiger partial charge in [-0.25, -0.2) is 0 Å². The number of carboxylic acids is 1. The molecular formula is C10H19NO2. The Morgan fingerprint density at radius 1 is 1.46 bits per heavy atom. The van der Waals surface area contributed by atoms with Gasteiger partial charge >= 0.3 is 5.97 Å². The van der Waals surface area contributed by atoms with Crippen LogP contribution in [0.15, 0.2) is 12.2 Å². The summed E-state index contributed by atoms with van der Waals surface area (Å²) in [5.74, 6) is -0.734. The van der Waals surface area contributed by atoms with E-state index in [4.69, 9.17) is 5.11 Å². The van der Waals surface area contributed by atoms with Gasteiger partial charge in [0.15, 0.2) is 0 Å². The third-order valence-corrected chi connectivity index (χ3v) is 1.68. The summed E-state index contributed by atoms with van der Waals surface area (Å²) in [6.45, 7) is 10.2. The molecule has 0 aliphatic heterocycles. The number of rotatable bonds is 7. The number of carbonyl (C=O) groups is 1. The average Bonchev–Trinajstić information content (AvgIpc) is 1.99. The van der Waals surface area contributed by atoms with Crippen LogP contribution in [-0.2, 0) is 4.79 Å². The van der Waals surface area contributed by atoms with Crippen LogP contribution in [0.5, 0.6) is 0 Å². The number of aliphatic carboxylic acids is 1. The first-order valence-corrected chi connectivity index (χ1v) is 4.64. The van der Waals surface area contributed by atoms with E-state index >= 15 is 0 Å². The summed E-state index contributed by atoms with van der Waals surface area (Å²) in [5, 5.41) is 8.52. The Labute approximate surface area is 80.0 Å². The molecule has 0 rings (SSSR count). The molecule has 0 aromatic carbocycles. The molecule has 3 heteroatoms. The minimum atomic E-state index is -0.734. The molecule has 0 saturated carbocycles. The van der Waals surface area contributed by atoms with E-state index in [9.17, 15) is 4.79 Å². The molecule has 13 heavy (non-hydrogen) atoms. The lowest BCUT2D eigenvalue weighted by Gasteiger charge is -2.20. The van der Waals surface area contributed by atoms with Gasteiger partial charge in [-0.15, -0.1) is 0 Å². The summed E-state index contributed by atoms with van der Waals surface area (Å²) in [6.07, 6.45) is 1.26. The maximum absolute atomic E-state index is 10.3. The van der Waals surface area contributed by atoms with Crippen molar-refractivity contribution in [1.82, 2.24) is 4.90 Å². The van der Waals surface area contributed by atoms with E-state index in [0.29, 0.717) is 6.54 Å². The van der Waals surface area contributed by atoms with E-state index in [1.807, 2.05) is 6.92 Å². The molecule has 0 aliphatic carbocycles. The monoisotopic (exact) mass is 185 g/mol. The fourth-order valence-electron chi connectivity index (χ4n) is 1.22. The van der Waals surface area contributed by atoms with E-state index in [0.717, 1.165) is 25.1 Å². The minimum Gasteiger partial charge on any atom is -0.481 e. The van der Waals surface area contributed by atoms with Crippen molar-refractivity contribution >= 4 is 5.97 Å². The Morgan fingerprint density at radius 2 is 2.08 bits per heavy atom. The second kappa shape index (κ2) is 6.66. The van der Waals surface area contributed by atoms with Crippen LogP contribution in [0.2, 0.25) is 0 Å². The lowest BCUT2D eigenvalue weighted by atomic mass is 10.2. The fourth-order valence-corrected chi connectivity index (χ4v) is 1.22. The molecule has 0 aromatic rings. The van der Waals surface area contributed by atoms with Gasteiger partial charge in [-0.3, -0.25) is 9.69 Å². The zero-order chi connectivity index (χ0) is 10.3. The van der Waals surface area contributed by atoms with E-state index in [-0.39, 0.29) is 6.42 Å². The molecule has 0 heterocycles. The maximum Gasteiger partial charge on any atom is 0.304 e. The van der Waals surface area contributed by atoms with Gasteiger partial charge in [0, 0.05) is 13.1 Å². The first-order chi connectivity index (χ1) is 6.06. The predicted octanol–water partition coefficient (Wildman–Crippen LogP) is 1.75. The van der Waals surface area contributed by atoms with Gasteiger partial charge in [-0.1, -0.05) is 19.1 Å². The van der Waals surface area contributed by atoms with E-state index in [1.165, 1.54) is 0 Å². The highest BCUT2D eigenvalue weighted by Crippen LogP contribution is 1.99. The van der Waals surface area contributed by atoms with Crippen molar-refractivity contribution in [2.24, 2.45) is 0 Å². The van der Waals surface area contributed by atoms with E-state index in [2.05, 4.69) is 18.4 Å². The zero-order valence-electron chi connectivity index (χ0n) is 8.55. The summed E-state index contributed by atoms with van der Waals surface area (Å²) in [6, 6.07) is 0. The first kappa shape index (κ1) is 12.2. The SMILES string of the molecule is C=C(C)CN(CCC)CCC(=O)O. The lowest BCUT2D eigenvalue weighted by molar-refractivity contribution is -0.137. The Kier molecular flexibility index (Phi) is 6.24. The Hall–Kier alpha value is -0.830. The van der Waals surface area contributed by atoms with Crippen LogP contribution >= 0.6 is 0 Å². The summed E-state index contributed by atoms with van der Waals surface area (Å²) in [7, 11) is 0. The highest BCUT2D eigenvalue weighted by Gasteiger charge is 2.05. The van der Waals surface area contributed by atoms with Gasteiger partial charge < -0.3 is 5.11 Å². The zero-order valence-corrected chi connectivity index (χ0v) is 8.55. The van der Waals surface area contributed by atoms with Crippen molar-refractivity contribution in [3.8, 4) is 0 Å².